The highest BCUT2D eigenvalue weighted by atomic mass is 32.1. The summed E-state index contributed by atoms with van der Waals surface area (Å²) in [6.07, 6.45) is 2.67. The van der Waals surface area contributed by atoms with Crippen molar-refractivity contribution < 1.29 is 9.50 Å². The maximum absolute atomic E-state index is 13.2. The standard InChI is InChI=1S/C17H16FNOS/c1-2-11-3-6-14(19-10-11)9-15(20)17-7-12-4-5-13(18)8-16(12)21-17/h3-8,10,15,20H,2,9H2,1H3. The van der Waals surface area contributed by atoms with Crippen molar-refractivity contribution in [3.8, 4) is 0 Å². The quantitative estimate of drug-likeness (QED) is 0.780. The van der Waals surface area contributed by atoms with Gasteiger partial charge in [0.25, 0.3) is 0 Å². The van der Waals surface area contributed by atoms with Crippen LogP contribution in [0, 0.1) is 5.82 Å². The van der Waals surface area contributed by atoms with Gasteiger partial charge in [0.1, 0.15) is 5.82 Å². The van der Waals surface area contributed by atoms with Crippen molar-refractivity contribution >= 4 is 21.4 Å². The number of benzene rings is 1. The molecule has 0 radical (unpaired) electrons. The lowest BCUT2D eigenvalue weighted by atomic mass is 10.1. The first kappa shape index (κ1) is 14.2. The van der Waals surface area contributed by atoms with Gasteiger partial charge in [-0.05, 0) is 41.6 Å². The lowest BCUT2D eigenvalue weighted by molar-refractivity contribution is 0.181. The third-order valence-electron chi connectivity index (χ3n) is 3.53. The van der Waals surface area contributed by atoms with E-state index in [0.29, 0.717) is 6.42 Å². The van der Waals surface area contributed by atoms with E-state index in [1.165, 1.54) is 29.0 Å². The molecule has 0 spiro atoms. The molecule has 1 unspecified atom stereocenters. The summed E-state index contributed by atoms with van der Waals surface area (Å²) in [7, 11) is 0. The Labute approximate surface area is 126 Å². The van der Waals surface area contributed by atoms with Crippen LogP contribution in [0.2, 0.25) is 0 Å². The van der Waals surface area contributed by atoms with Crippen LogP contribution in [0.1, 0.15) is 29.2 Å². The Morgan fingerprint density at radius 3 is 2.81 bits per heavy atom. The first-order valence-electron chi connectivity index (χ1n) is 6.96. The van der Waals surface area contributed by atoms with E-state index in [0.717, 1.165) is 27.1 Å². The third kappa shape index (κ3) is 3.12. The Morgan fingerprint density at radius 2 is 2.10 bits per heavy atom. The average Bonchev–Trinajstić information content (AvgIpc) is 2.91. The van der Waals surface area contributed by atoms with Crippen LogP contribution in [0.25, 0.3) is 10.1 Å². The molecule has 3 aromatic rings. The lowest BCUT2D eigenvalue weighted by Gasteiger charge is -2.08. The first-order valence-corrected chi connectivity index (χ1v) is 7.78. The number of thiophene rings is 1. The number of fused-ring (bicyclic) bond motifs is 1. The van der Waals surface area contributed by atoms with Crippen LogP contribution in [0.3, 0.4) is 0 Å². The molecule has 108 valence electrons. The first-order chi connectivity index (χ1) is 10.2. The molecule has 1 atom stereocenters. The van der Waals surface area contributed by atoms with Crippen molar-refractivity contribution in [1.29, 1.82) is 0 Å². The highest BCUT2D eigenvalue weighted by Crippen LogP contribution is 2.31. The minimum absolute atomic E-state index is 0.248. The highest BCUT2D eigenvalue weighted by molar-refractivity contribution is 7.19. The fourth-order valence-corrected chi connectivity index (χ4v) is 3.35. The van der Waals surface area contributed by atoms with Crippen molar-refractivity contribution in [3.05, 3.63) is 64.5 Å². The van der Waals surface area contributed by atoms with Gasteiger partial charge in [0.2, 0.25) is 0 Å². The second-order valence-electron chi connectivity index (χ2n) is 5.06. The fraction of sp³-hybridized carbons (Fsp3) is 0.235. The summed E-state index contributed by atoms with van der Waals surface area (Å²) in [6, 6.07) is 10.6. The van der Waals surface area contributed by atoms with E-state index < -0.39 is 6.10 Å². The molecule has 0 aliphatic heterocycles. The largest absolute Gasteiger partial charge is 0.387 e. The Balaban J connectivity index is 1.80. The molecule has 0 aliphatic carbocycles. The number of hydrogen-bond acceptors (Lipinski definition) is 3. The van der Waals surface area contributed by atoms with Gasteiger partial charge in [-0.1, -0.05) is 19.1 Å². The van der Waals surface area contributed by atoms with Gasteiger partial charge in [0.05, 0.1) is 6.10 Å². The summed E-state index contributed by atoms with van der Waals surface area (Å²) in [5.74, 6) is -0.248. The Morgan fingerprint density at radius 1 is 1.24 bits per heavy atom. The Bertz CT molecular complexity index is 751. The minimum atomic E-state index is -0.606. The molecule has 4 heteroatoms. The smallest absolute Gasteiger partial charge is 0.124 e. The molecule has 0 aliphatic rings. The summed E-state index contributed by atoms with van der Waals surface area (Å²) in [6.45, 7) is 2.09. The van der Waals surface area contributed by atoms with Crippen LogP contribution >= 0.6 is 11.3 Å². The molecule has 0 bridgehead atoms. The van der Waals surface area contributed by atoms with E-state index in [1.807, 2.05) is 24.4 Å². The van der Waals surface area contributed by atoms with Gasteiger partial charge in [-0.3, -0.25) is 4.98 Å². The van der Waals surface area contributed by atoms with Gasteiger partial charge in [-0.2, -0.15) is 0 Å². The van der Waals surface area contributed by atoms with Gasteiger partial charge >= 0.3 is 0 Å². The zero-order chi connectivity index (χ0) is 14.8. The summed E-state index contributed by atoms with van der Waals surface area (Å²) < 4.78 is 14.1. The average molecular weight is 301 g/mol. The lowest BCUT2D eigenvalue weighted by Crippen LogP contribution is -2.01. The molecule has 0 fully saturated rings. The molecular formula is C17H16FNOS. The van der Waals surface area contributed by atoms with Crippen molar-refractivity contribution in [1.82, 2.24) is 4.98 Å². The number of nitrogens with zero attached hydrogens (tertiary/aromatic N) is 1. The second kappa shape index (κ2) is 5.92. The predicted molar refractivity (Wildman–Crippen MR) is 84.1 cm³/mol. The molecule has 0 amide bonds. The van der Waals surface area contributed by atoms with E-state index in [4.69, 9.17) is 0 Å². The molecular weight excluding hydrogens is 285 g/mol. The van der Waals surface area contributed by atoms with Crippen molar-refractivity contribution in [3.63, 3.8) is 0 Å². The summed E-state index contributed by atoms with van der Waals surface area (Å²) >= 11 is 1.43. The minimum Gasteiger partial charge on any atom is -0.387 e. The predicted octanol–water partition coefficient (Wildman–Crippen LogP) is 4.27. The van der Waals surface area contributed by atoms with Crippen molar-refractivity contribution in [2.24, 2.45) is 0 Å². The zero-order valence-corrected chi connectivity index (χ0v) is 12.5. The van der Waals surface area contributed by atoms with Crippen LogP contribution < -0.4 is 0 Å². The fourth-order valence-electron chi connectivity index (χ4n) is 2.27. The van der Waals surface area contributed by atoms with Gasteiger partial charge in [-0.15, -0.1) is 11.3 Å². The van der Waals surface area contributed by atoms with Crippen LogP contribution in [-0.2, 0) is 12.8 Å². The SMILES string of the molecule is CCc1ccc(CC(O)c2cc3ccc(F)cc3s2)nc1. The maximum Gasteiger partial charge on any atom is 0.124 e. The number of aromatic nitrogens is 1. The molecule has 1 aromatic carbocycles. The molecule has 0 saturated carbocycles. The van der Waals surface area contributed by atoms with E-state index in [-0.39, 0.29) is 5.82 Å². The third-order valence-corrected chi connectivity index (χ3v) is 4.73. The van der Waals surface area contributed by atoms with Crippen molar-refractivity contribution in [2.45, 2.75) is 25.9 Å². The van der Waals surface area contributed by atoms with E-state index in [9.17, 15) is 9.50 Å². The Kier molecular flexibility index (Phi) is 3.99. The molecule has 2 aromatic heterocycles. The highest BCUT2D eigenvalue weighted by Gasteiger charge is 2.13. The number of aliphatic hydroxyl groups excluding tert-OH is 1. The number of halogens is 1. The van der Waals surface area contributed by atoms with E-state index >= 15 is 0 Å². The van der Waals surface area contributed by atoms with E-state index in [2.05, 4.69) is 11.9 Å². The van der Waals surface area contributed by atoms with Crippen LogP contribution in [-0.4, -0.2) is 10.1 Å². The topological polar surface area (TPSA) is 33.1 Å². The van der Waals surface area contributed by atoms with Gasteiger partial charge < -0.3 is 5.11 Å². The van der Waals surface area contributed by atoms with Crippen LogP contribution in [0.5, 0.6) is 0 Å². The summed E-state index contributed by atoms with van der Waals surface area (Å²) in [5.41, 5.74) is 2.05. The zero-order valence-electron chi connectivity index (χ0n) is 11.7. The molecule has 2 nitrogen and oxygen atoms in total. The number of aliphatic hydroxyl groups is 1. The normalized spacial score (nSPS) is 12.7. The molecule has 2 heterocycles. The van der Waals surface area contributed by atoms with E-state index in [1.54, 1.807) is 6.07 Å². The Hall–Kier alpha value is -1.78. The monoisotopic (exact) mass is 301 g/mol. The molecule has 1 N–H and O–H groups in total. The van der Waals surface area contributed by atoms with Crippen LogP contribution in [0.15, 0.2) is 42.6 Å². The maximum atomic E-state index is 13.2. The second-order valence-corrected chi connectivity index (χ2v) is 6.18. The molecule has 0 saturated heterocycles. The molecule has 3 rings (SSSR count). The number of rotatable bonds is 4. The summed E-state index contributed by atoms with van der Waals surface area (Å²) in [4.78, 5) is 5.21. The van der Waals surface area contributed by atoms with Gasteiger partial charge in [0.15, 0.2) is 0 Å². The van der Waals surface area contributed by atoms with Gasteiger partial charge in [-0.25, -0.2) is 4.39 Å². The number of hydrogen-bond donors (Lipinski definition) is 1. The number of pyridine rings is 1. The van der Waals surface area contributed by atoms with Crippen molar-refractivity contribution in [2.75, 3.05) is 0 Å². The van der Waals surface area contributed by atoms with Gasteiger partial charge in [0, 0.05) is 27.9 Å². The number of aryl methyl sites for hydroxylation is 1. The van der Waals surface area contributed by atoms with Crippen LogP contribution in [0.4, 0.5) is 4.39 Å². The molecule has 21 heavy (non-hydrogen) atoms. The summed E-state index contributed by atoms with van der Waals surface area (Å²) in [5, 5.41) is 11.3.